The molecule has 1 amide bonds. The van der Waals surface area contributed by atoms with Crippen LogP contribution >= 0.6 is 27.3 Å². The van der Waals surface area contributed by atoms with E-state index >= 15 is 0 Å². The van der Waals surface area contributed by atoms with Crippen LogP contribution < -0.4 is 5.32 Å². The van der Waals surface area contributed by atoms with Crippen molar-refractivity contribution in [2.75, 3.05) is 11.9 Å². The molecule has 2 nitrogen and oxygen atoms in total. The van der Waals surface area contributed by atoms with Crippen molar-refractivity contribution in [3.05, 3.63) is 21.4 Å². The van der Waals surface area contributed by atoms with Gasteiger partial charge in [0.05, 0.1) is 4.88 Å². The van der Waals surface area contributed by atoms with E-state index in [1.165, 1.54) is 49.0 Å². The van der Waals surface area contributed by atoms with Crippen molar-refractivity contribution in [1.82, 2.24) is 5.32 Å². The highest BCUT2D eigenvalue weighted by Gasteiger charge is 2.15. The van der Waals surface area contributed by atoms with E-state index in [-0.39, 0.29) is 5.91 Å². The fourth-order valence-electron chi connectivity index (χ4n) is 2.46. The summed E-state index contributed by atoms with van der Waals surface area (Å²) in [6, 6.07) is 2.12. The molecule has 0 atom stereocenters. The number of alkyl halides is 1. The van der Waals surface area contributed by atoms with E-state index in [1.54, 1.807) is 11.3 Å². The highest BCUT2D eigenvalue weighted by atomic mass is 79.9. The second-order valence-electron chi connectivity index (χ2n) is 5.13. The zero-order valence-corrected chi connectivity index (χ0v) is 13.7. The Morgan fingerprint density at radius 1 is 1.21 bits per heavy atom. The predicted octanol–water partition coefficient (Wildman–Crippen LogP) is 4.31. The fraction of sp³-hybridized carbons (Fsp3) is 0.667. The first kappa shape index (κ1) is 15.0. The minimum Gasteiger partial charge on any atom is -0.351 e. The first-order valence-electron chi connectivity index (χ1n) is 7.27. The van der Waals surface area contributed by atoms with Gasteiger partial charge in [0, 0.05) is 16.8 Å². The van der Waals surface area contributed by atoms with Crippen molar-refractivity contribution in [2.45, 2.75) is 51.4 Å². The minimum absolute atomic E-state index is 0.122. The molecule has 0 radical (unpaired) electrons. The Morgan fingerprint density at radius 2 is 2.05 bits per heavy atom. The molecule has 0 aliphatic heterocycles. The van der Waals surface area contributed by atoms with E-state index in [0.29, 0.717) is 0 Å². The lowest BCUT2D eigenvalue weighted by Crippen LogP contribution is -2.23. The van der Waals surface area contributed by atoms with Gasteiger partial charge in [0.25, 0.3) is 5.91 Å². The normalized spacial score (nSPS) is 14.8. The summed E-state index contributed by atoms with van der Waals surface area (Å²) in [4.78, 5) is 14.4. The van der Waals surface area contributed by atoms with Crippen LogP contribution in [0.1, 0.15) is 58.6 Å². The summed E-state index contributed by atoms with van der Waals surface area (Å²) in [5, 5.41) is 4.09. The number of aryl methyl sites for hydroxylation is 2. The fourth-order valence-corrected chi connectivity index (χ4v) is 4.03. The third-order valence-corrected chi connectivity index (χ3v) is 5.36. The first-order valence-corrected chi connectivity index (χ1v) is 9.21. The average Bonchev–Trinajstić information content (AvgIpc) is 2.70. The Bertz CT molecular complexity index is 393. The molecule has 1 aromatic rings. The Kier molecular flexibility index (Phi) is 6.38. The molecular formula is C15H22BrNOS. The number of amides is 1. The van der Waals surface area contributed by atoms with Gasteiger partial charge in [0.2, 0.25) is 0 Å². The number of carbonyl (C=O) groups excluding carboxylic acids is 1. The summed E-state index contributed by atoms with van der Waals surface area (Å²) in [6.45, 7) is 0.800. The maximum absolute atomic E-state index is 12.1. The van der Waals surface area contributed by atoms with Gasteiger partial charge in [-0.3, -0.25) is 4.79 Å². The Labute approximate surface area is 128 Å². The van der Waals surface area contributed by atoms with E-state index in [2.05, 4.69) is 27.3 Å². The van der Waals surface area contributed by atoms with Crippen molar-refractivity contribution in [1.29, 1.82) is 0 Å². The maximum atomic E-state index is 12.1. The molecule has 1 N–H and O–H groups in total. The van der Waals surface area contributed by atoms with Crippen molar-refractivity contribution in [2.24, 2.45) is 0 Å². The highest BCUT2D eigenvalue weighted by Crippen LogP contribution is 2.28. The van der Waals surface area contributed by atoms with Crippen LogP contribution in [-0.2, 0) is 12.8 Å². The van der Waals surface area contributed by atoms with E-state index in [9.17, 15) is 4.79 Å². The molecule has 0 saturated heterocycles. The molecule has 0 fully saturated rings. The molecule has 1 heterocycles. The number of nitrogens with one attached hydrogen (secondary N) is 1. The average molecular weight is 344 g/mol. The number of unbranched alkanes of at least 4 members (excludes halogenated alkanes) is 2. The SMILES string of the molecule is O=C(NCCCCCBr)c1cc2c(s1)CCCCC2. The van der Waals surface area contributed by atoms with Gasteiger partial charge < -0.3 is 5.32 Å². The minimum atomic E-state index is 0.122. The molecule has 0 bridgehead atoms. The molecule has 1 aliphatic carbocycles. The summed E-state index contributed by atoms with van der Waals surface area (Å²) >= 11 is 5.13. The van der Waals surface area contributed by atoms with Crippen LogP contribution in [0.5, 0.6) is 0 Å². The van der Waals surface area contributed by atoms with Crippen molar-refractivity contribution < 1.29 is 4.79 Å². The predicted molar refractivity (Wildman–Crippen MR) is 85.6 cm³/mol. The maximum Gasteiger partial charge on any atom is 0.261 e. The van der Waals surface area contributed by atoms with Gasteiger partial charge in [0.1, 0.15) is 0 Å². The standard InChI is InChI=1S/C15H22BrNOS/c16-9-5-2-6-10-17-15(18)14-11-12-7-3-1-4-8-13(12)19-14/h11H,1-10H2,(H,17,18). The molecule has 0 aromatic carbocycles. The number of thiophene rings is 1. The highest BCUT2D eigenvalue weighted by molar-refractivity contribution is 9.09. The number of fused-ring (bicyclic) bond motifs is 1. The summed E-state index contributed by atoms with van der Waals surface area (Å²) in [5.41, 5.74) is 1.42. The third-order valence-electron chi connectivity index (χ3n) is 3.57. The van der Waals surface area contributed by atoms with Crippen molar-refractivity contribution in [3.8, 4) is 0 Å². The lowest BCUT2D eigenvalue weighted by atomic mass is 10.1. The lowest BCUT2D eigenvalue weighted by molar-refractivity contribution is 0.0957. The number of halogens is 1. The second-order valence-corrected chi connectivity index (χ2v) is 7.06. The largest absolute Gasteiger partial charge is 0.351 e. The van der Waals surface area contributed by atoms with Crippen LogP contribution in [-0.4, -0.2) is 17.8 Å². The van der Waals surface area contributed by atoms with Gasteiger partial charge in [0.15, 0.2) is 0 Å². The van der Waals surface area contributed by atoms with Gasteiger partial charge in [-0.25, -0.2) is 0 Å². The lowest BCUT2D eigenvalue weighted by Gasteiger charge is -2.02. The quantitative estimate of drug-likeness (QED) is 0.465. The molecule has 0 unspecified atom stereocenters. The Balaban J connectivity index is 1.82. The Morgan fingerprint density at radius 3 is 2.89 bits per heavy atom. The summed E-state index contributed by atoms with van der Waals surface area (Å²) in [6.07, 6.45) is 9.63. The summed E-state index contributed by atoms with van der Waals surface area (Å²) < 4.78 is 0. The number of hydrogen-bond donors (Lipinski definition) is 1. The monoisotopic (exact) mass is 343 g/mol. The van der Waals surface area contributed by atoms with Crippen LogP contribution in [0.4, 0.5) is 0 Å². The van der Waals surface area contributed by atoms with Crippen LogP contribution in [0, 0.1) is 0 Å². The van der Waals surface area contributed by atoms with Gasteiger partial charge in [-0.1, -0.05) is 28.8 Å². The van der Waals surface area contributed by atoms with Crippen LogP contribution in [0.15, 0.2) is 6.07 Å². The molecule has 106 valence electrons. The van der Waals surface area contributed by atoms with Crippen molar-refractivity contribution in [3.63, 3.8) is 0 Å². The van der Waals surface area contributed by atoms with Crippen LogP contribution in [0.3, 0.4) is 0 Å². The van der Waals surface area contributed by atoms with Crippen LogP contribution in [0.25, 0.3) is 0 Å². The second kappa shape index (κ2) is 8.05. The molecule has 1 aromatic heterocycles. The smallest absolute Gasteiger partial charge is 0.261 e. The third kappa shape index (κ3) is 4.60. The zero-order valence-electron chi connectivity index (χ0n) is 11.3. The zero-order chi connectivity index (χ0) is 13.5. The van der Waals surface area contributed by atoms with E-state index in [0.717, 1.165) is 29.6 Å². The molecule has 4 heteroatoms. The Hall–Kier alpha value is -0.350. The van der Waals surface area contributed by atoms with Gasteiger partial charge in [-0.2, -0.15) is 0 Å². The number of rotatable bonds is 6. The van der Waals surface area contributed by atoms with Gasteiger partial charge in [-0.05, 0) is 50.2 Å². The molecule has 0 spiro atoms. The number of carbonyl (C=O) groups is 1. The summed E-state index contributed by atoms with van der Waals surface area (Å²) in [5.74, 6) is 0.122. The van der Waals surface area contributed by atoms with E-state index < -0.39 is 0 Å². The van der Waals surface area contributed by atoms with E-state index in [4.69, 9.17) is 0 Å². The topological polar surface area (TPSA) is 29.1 Å². The molecule has 19 heavy (non-hydrogen) atoms. The summed E-state index contributed by atoms with van der Waals surface area (Å²) in [7, 11) is 0. The molecule has 1 aliphatic rings. The molecule has 0 saturated carbocycles. The van der Waals surface area contributed by atoms with Crippen LogP contribution in [0.2, 0.25) is 0 Å². The van der Waals surface area contributed by atoms with Crippen molar-refractivity contribution >= 4 is 33.2 Å². The molecular weight excluding hydrogens is 322 g/mol. The van der Waals surface area contributed by atoms with E-state index in [1.807, 2.05) is 0 Å². The van der Waals surface area contributed by atoms with Gasteiger partial charge in [-0.15, -0.1) is 11.3 Å². The van der Waals surface area contributed by atoms with Gasteiger partial charge >= 0.3 is 0 Å². The number of hydrogen-bond acceptors (Lipinski definition) is 2. The molecule has 2 rings (SSSR count). The first-order chi connectivity index (χ1) is 9.31.